The lowest BCUT2D eigenvalue weighted by atomic mass is 9.80. The maximum absolute atomic E-state index is 6.13. The first-order valence-electron chi connectivity index (χ1n) is 9.11. The second kappa shape index (κ2) is 7.12. The molecule has 5 heteroatoms. The zero-order valence-corrected chi connectivity index (χ0v) is 16.9. The first-order chi connectivity index (χ1) is 12.6. The van der Waals surface area contributed by atoms with E-state index in [-0.39, 0.29) is 12.1 Å². The Morgan fingerprint density at radius 1 is 1.27 bits per heavy atom. The SMILES string of the molecule is CCOc1c(Br)cc(C2Nc3ccc(C)cc3[C@H]3OCC[C@@H]23)cc1OC. The van der Waals surface area contributed by atoms with Crippen LogP contribution in [0.1, 0.15) is 42.2 Å². The number of methoxy groups -OCH3 is 1. The number of halogens is 1. The molecule has 1 unspecified atom stereocenters. The van der Waals surface area contributed by atoms with Crippen LogP contribution < -0.4 is 14.8 Å². The molecule has 1 saturated heterocycles. The first-order valence-corrected chi connectivity index (χ1v) is 9.90. The van der Waals surface area contributed by atoms with Crippen LogP contribution >= 0.6 is 15.9 Å². The molecule has 3 atom stereocenters. The maximum atomic E-state index is 6.13. The molecule has 1 N–H and O–H groups in total. The number of benzene rings is 2. The molecule has 2 aromatic carbocycles. The summed E-state index contributed by atoms with van der Waals surface area (Å²) in [5.74, 6) is 1.91. The van der Waals surface area contributed by atoms with E-state index in [1.54, 1.807) is 7.11 Å². The molecule has 2 aromatic rings. The molecule has 2 aliphatic heterocycles. The number of hydrogen-bond donors (Lipinski definition) is 1. The monoisotopic (exact) mass is 417 g/mol. The molecular weight excluding hydrogens is 394 g/mol. The molecule has 0 spiro atoms. The van der Waals surface area contributed by atoms with E-state index < -0.39 is 0 Å². The number of fused-ring (bicyclic) bond motifs is 3. The van der Waals surface area contributed by atoms with Crippen molar-refractivity contribution in [3.8, 4) is 11.5 Å². The minimum atomic E-state index is 0.146. The third-order valence-electron chi connectivity index (χ3n) is 5.29. The fourth-order valence-electron chi connectivity index (χ4n) is 4.13. The summed E-state index contributed by atoms with van der Waals surface area (Å²) in [6.45, 7) is 5.50. The van der Waals surface area contributed by atoms with E-state index in [4.69, 9.17) is 14.2 Å². The van der Waals surface area contributed by atoms with Crippen LogP contribution in [0.3, 0.4) is 0 Å². The Morgan fingerprint density at radius 2 is 2.12 bits per heavy atom. The average Bonchev–Trinajstić information content (AvgIpc) is 3.13. The largest absolute Gasteiger partial charge is 0.493 e. The van der Waals surface area contributed by atoms with Crippen LogP contribution in [0.15, 0.2) is 34.8 Å². The van der Waals surface area contributed by atoms with Gasteiger partial charge >= 0.3 is 0 Å². The van der Waals surface area contributed by atoms with Gasteiger partial charge in [-0.1, -0.05) is 17.7 Å². The topological polar surface area (TPSA) is 39.7 Å². The minimum absolute atomic E-state index is 0.146. The summed E-state index contributed by atoms with van der Waals surface area (Å²) in [4.78, 5) is 0. The van der Waals surface area contributed by atoms with E-state index in [0.717, 1.165) is 34.7 Å². The third-order valence-corrected chi connectivity index (χ3v) is 5.88. The normalized spacial score (nSPS) is 23.8. The van der Waals surface area contributed by atoms with E-state index in [1.165, 1.54) is 16.7 Å². The number of ether oxygens (including phenoxy) is 3. The van der Waals surface area contributed by atoms with Crippen LogP contribution in [-0.2, 0) is 4.74 Å². The molecule has 4 rings (SSSR count). The van der Waals surface area contributed by atoms with Gasteiger partial charge in [0.25, 0.3) is 0 Å². The van der Waals surface area contributed by atoms with Crippen LogP contribution in [-0.4, -0.2) is 20.3 Å². The van der Waals surface area contributed by atoms with E-state index in [9.17, 15) is 0 Å². The molecule has 2 heterocycles. The summed E-state index contributed by atoms with van der Waals surface area (Å²) in [5, 5.41) is 3.74. The van der Waals surface area contributed by atoms with Crippen molar-refractivity contribution in [2.24, 2.45) is 5.92 Å². The molecule has 0 aliphatic carbocycles. The van der Waals surface area contributed by atoms with Crippen molar-refractivity contribution >= 4 is 21.6 Å². The fourth-order valence-corrected chi connectivity index (χ4v) is 4.70. The van der Waals surface area contributed by atoms with Gasteiger partial charge in [-0.3, -0.25) is 0 Å². The maximum Gasteiger partial charge on any atom is 0.175 e. The van der Waals surface area contributed by atoms with Gasteiger partial charge in [0.2, 0.25) is 0 Å². The van der Waals surface area contributed by atoms with Crippen LogP contribution in [0.2, 0.25) is 0 Å². The quantitative estimate of drug-likeness (QED) is 0.721. The predicted octanol–water partition coefficient (Wildman–Crippen LogP) is 5.41. The van der Waals surface area contributed by atoms with Gasteiger partial charge in [-0.15, -0.1) is 0 Å². The number of aryl methyl sites for hydroxylation is 1. The standard InChI is InChI=1S/C21H24BrNO3/c1-4-25-21-16(22)10-13(11-18(21)24-3)19-14-7-8-26-20(14)15-9-12(2)5-6-17(15)23-19/h5-6,9-11,14,19-20,23H,4,7-8H2,1-3H3/t14-,19?,20-/m0/s1. The Morgan fingerprint density at radius 3 is 2.88 bits per heavy atom. The molecule has 0 bridgehead atoms. The Kier molecular flexibility index (Phi) is 4.84. The lowest BCUT2D eigenvalue weighted by Crippen LogP contribution is -2.29. The van der Waals surface area contributed by atoms with Crippen molar-refractivity contribution in [2.75, 3.05) is 25.6 Å². The van der Waals surface area contributed by atoms with Crippen LogP contribution in [0.25, 0.3) is 0 Å². The molecule has 0 saturated carbocycles. The molecule has 1 fully saturated rings. The van der Waals surface area contributed by atoms with Crippen molar-refractivity contribution < 1.29 is 14.2 Å². The number of nitrogens with one attached hydrogen (secondary N) is 1. The highest BCUT2D eigenvalue weighted by Gasteiger charge is 2.41. The summed E-state index contributed by atoms with van der Waals surface area (Å²) < 4.78 is 18.4. The summed E-state index contributed by atoms with van der Waals surface area (Å²) in [7, 11) is 1.68. The Hall–Kier alpha value is -1.72. The molecular formula is C21H24BrNO3. The van der Waals surface area contributed by atoms with E-state index in [0.29, 0.717) is 12.5 Å². The predicted molar refractivity (Wildman–Crippen MR) is 106 cm³/mol. The Bertz CT molecular complexity index is 823. The molecule has 0 aromatic heterocycles. The zero-order valence-electron chi connectivity index (χ0n) is 15.3. The van der Waals surface area contributed by atoms with Gasteiger partial charge in [0, 0.05) is 23.8 Å². The van der Waals surface area contributed by atoms with Gasteiger partial charge in [-0.05, 0) is 60.0 Å². The second-order valence-electron chi connectivity index (χ2n) is 6.92. The zero-order chi connectivity index (χ0) is 18.3. The first kappa shape index (κ1) is 17.7. The number of rotatable bonds is 4. The summed E-state index contributed by atoms with van der Waals surface area (Å²) in [5.41, 5.74) is 4.89. The van der Waals surface area contributed by atoms with E-state index in [1.807, 2.05) is 6.92 Å². The summed E-state index contributed by atoms with van der Waals surface area (Å²) in [6, 6.07) is 11.0. The van der Waals surface area contributed by atoms with Crippen LogP contribution in [0, 0.1) is 12.8 Å². The van der Waals surface area contributed by atoms with Crippen LogP contribution in [0.5, 0.6) is 11.5 Å². The van der Waals surface area contributed by atoms with Crippen molar-refractivity contribution in [3.63, 3.8) is 0 Å². The molecule has 0 amide bonds. The summed E-state index contributed by atoms with van der Waals surface area (Å²) in [6.07, 6.45) is 1.19. The van der Waals surface area contributed by atoms with Crippen molar-refractivity contribution in [1.29, 1.82) is 0 Å². The van der Waals surface area contributed by atoms with Gasteiger partial charge < -0.3 is 19.5 Å². The van der Waals surface area contributed by atoms with E-state index >= 15 is 0 Å². The Labute approximate surface area is 163 Å². The lowest BCUT2D eigenvalue weighted by Gasteiger charge is -2.37. The highest BCUT2D eigenvalue weighted by Crippen LogP contribution is 2.51. The lowest BCUT2D eigenvalue weighted by molar-refractivity contribution is 0.0828. The third kappa shape index (κ3) is 2.97. The highest BCUT2D eigenvalue weighted by molar-refractivity contribution is 9.10. The van der Waals surface area contributed by atoms with Gasteiger partial charge in [-0.25, -0.2) is 0 Å². The molecule has 138 valence electrons. The molecule has 26 heavy (non-hydrogen) atoms. The van der Waals surface area contributed by atoms with E-state index in [2.05, 4.69) is 58.5 Å². The van der Waals surface area contributed by atoms with Crippen molar-refractivity contribution in [2.45, 2.75) is 32.4 Å². The highest BCUT2D eigenvalue weighted by atomic mass is 79.9. The van der Waals surface area contributed by atoms with Gasteiger partial charge in [0.1, 0.15) is 0 Å². The van der Waals surface area contributed by atoms with Gasteiger partial charge in [-0.2, -0.15) is 0 Å². The van der Waals surface area contributed by atoms with Gasteiger partial charge in [0.05, 0.1) is 30.3 Å². The van der Waals surface area contributed by atoms with Gasteiger partial charge in [0.15, 0.2) is 11.5 Å². The molecule has 2 aliphatic rings. The van der Waals surface area contributed by atoms with Crippen molar-refractivity contribution in [1.82, 2.24) is 0 Å². The Balaban J connectivity index is 1.76. The average molecular weight is 418 g/mol. The second-order valence-corrected chi connectivity index (χ2v) is 7.78. The smallest absolute Gasteiger partial charge is 0.175 e. The van der Waals surface area contributed by atoms with Crippen molar-refractivity contribution in [3.05, 3.63) is 51.5 Å². The fraction of sp³-hybridized carbons (Fsp3) is 0.429. The molecule has 4 nitrogen and oxygen atoms in total. The van der Waals surface area contributed by atoms with Crippen LogP contribution in [0.4, 0.5) is 5.69 Å². The molecule has 0 radical (unpaired) electrons. The minimum Gasteiger partial charge on any atom is -0.493 e. The number of anilines is 1. The summed E-state index contributed by atoms with van der Waals surface area (Å²) >= 11 is 3.66. The number of hydrogen-bond acceptors (Lipinski definition) is 4.